The average Bonchev–Trinajstić information content (AvgIpc) is 3.25. The van der Waals surface area contributed by atoms with Gasteiger partial charge in [-0.3, -0.25) is 9.59 Å². The first kappa shape index (κ1) is 20.7. The maximum Gasteiger partial charge on any atom is 0.262 e. The monoisotopic (exact) mass is 429 g/mol. The number of nitrogens with two attached hydrogens (primary N) is 1. The highest BCUT2D eigenvalue weighted by Crippen LogP contribution is 2.16. The number of carbonyl (C=O) groups is 2. The Bertz CT molecular complexity index is 1080. The first-order valence-corrected chi connectivity index (χ1v) is 11.1. The van der Waals surface area contributed by atoms with E-state index >= 15 is 0 Å². The van der Waals surface area contributed by atoms with Gasteiger partial charge in [0.25, 0.3) is 5.91 Å². The highest BCUT2D eigenvalue weighted by molar-refractivity contribution is 7.89. The van der Waals surface area contributed by atoms with Crippen LogP contribution in [0.15, 0.2) is 77.0 Å². The van der Waals surface area contributed by atoms with E-state index in [2.05, 4.69) is 10.6 Å². The highest BCUT2D eigenvalue weighted by Gasteiger charge is 2.23. The van der Waals surface area contributed by atoms with Gasteiger partial charge in [-0.1, -0.05) is 48.5 Å². The molecule has 0 spiro atoms. The number of hydrogen-bond acceptors (Lipinski definition) is 5. The molecule has 0 fully saturated rings. The van der Waals surface area contributed by atoms with E-state index in [9.17, 15) is 18.0 Å². The lowest BCUT2D eigenvalue weighted by Crippen LogP contribution is -2.40. The van der Waals surface area contributed by atoms with E-state index in [1.54, 1.807) is 53.9 Å². The molecular formula is C20H19N3O4S2. The number of amides is 2. The molecule has 0 aliphatic rings. The molecule has 0 saturated heterocycles. The number of primary sulfonamides is 1. The molecule has 9 heteroatoms. The molecule has 2 amide bonds. The standard InChI is InChI=1S/C20H19N3O4S2/c21-29(26,27)16-10-8-14(9-11-16)13-22-20(25)18(15-5-2-1-3-6-15)23-19(24)17-7-4-12-28-17/h1-12,18H,13H2,(H,22,25)(H,23,24)(H2,21,26,27). The number of hydrogen-bond donors (Lipinski definition) is 3. The van der Waals surface area contributed by atoms with E-state index in [0.717, 1.165) is 0 Å². The van der Waals surface area contributed by atoms with Crippen LogP contribution in [0.25, 0.3) is 0 Å². The maximum absolute atomic E-state index is 12.8. The first-order valence-electron chi connectivity index (χ1n) is 8.63. The molecule has 0 aliphatic carbocycles. The van der Waals surface area contributed by atoms with E-state index < -0.39 is 16.1 Å². The molecule has 1 aromatic heterocycles. The van der Waals surface area contributed by atoms with E-state index in [-0.39, 0.29) is 23.3 Å². The Balaban J connectivity index is 1.72. The SMILES string of the molecule is NS(=O)(=O)c1ccc(CNC(=O)C(NC(=O)c2cccs2)c2ccccc2)cc1. The summed E-state index contributed by atoms with van der Waals surface area (Å²) in [6.45, 7) is 0.169. The van der Waals surface area contributed by atoms with Gasteiger partial charge in [0.15, 0.2) is 0 Å². The zero-order valence-electron chi connectivity index (χ0n) is 15.2. The summed E-state index contributed by atoms with van der Waals surface area (Å²) in [7, 11) is -3.77. The van der Waals surface area contributed by atoms with Crippen molar-refractivity contribution in [3.8, 4) is 0 Å². The van der Waals surface area contributed by atoms with Gasteiger partial charge in [-0.25, -0.2) is 13.6 Å². The quantitative estimate of drug-likeness (QED) is 0.533. The van der Waals surface area contributed by atoms with Gasteiger partial charge in [0.05, 0.1) is 9.77 Å². The summed E-state index contributed by atoms with van der Waals surface area (Å²) < 4.78 is 22.7. The average molecular weight is 430 g/mol. The lowest BCUT2D eigenvalue weighted by molar-refractivity contribution is -0.123. The summed E-state index contributed by atoms with van der Waals surface area (Å²) in [5.41, 5.74) is 1.35. The summed E-state index contributed by atoms with van der Waals surface area (Å²) in [6, 6.07) is 17.4. The van der Waals surface area contributed by atoms with Crippen LogP contribution in [-0.4, -0.2) is 20.2 Å². The highest BCUT2D eigenvalue weighted by atomic mass is 32.2. The van der Waals surface area contributed by atoms with Gasteiger partial charge in [-0.15, -0.1) is 11.3 Å². The van der Waals surface area contributed by atoms with Gasteiger partial charge in [-0.05, 0) is 34.7 Å². The minimum atomic E-state index is -3.77. The Kier molecular flexibility index (Phi) is 6.42. The molecule has 1 unspecified atom stereocenters. The van der Waals surface area contributed by atoms with Crippen molar-refractivity contribution in [3.63, 3.8) is 0 Å². The zero-order valence-corrected chi connectivity index (χ0v) is 16.9. The summed E-state index contributed by atoms with van der Waals surface area (Å²) in [5, 5.41) is 12.4. The Morgan fingerprint density at radius 3 is 2.24 bits per heavy atom. The van der Waals surface area contributed by atoms with Gasteiger partial charge in [0.1, 0.15) is 6.04 Å². The van der Waals surface area contributed by atoms with Gasteiger partial charge in [0, 0.05) is 6.54 Å². The summed E-state index contributed by atoms with van der Waals surface area (Å²) in [5.74, 6) is -0.710. The minimum absolute atomic E-state index is 0.00190. The molecule has 2 aromatic carbocycles. The molecule has 29 heavy (non-hydrogen) atoms. The smallest absolute Gasteiger partial charge is 0.262 e. The van der Waals surface area contributed by atoms with Crippen molar-refractivity contribution in [1.82, 2.24) is 10.6 Å². The van der Waals surface area contributed by atoms with Crippen LogP contribution in [-0.2, 0) is 21.4 Å². The minimum Gasteiger partial charge on any atom is -0.350 e. The third-order valence-electron chi connectivity index (χ3n) is 4.13. The van der Waals surface area contributed by atoms with Crippen molar-refractivity contribution in [2.45, 2.75) is 17.5 Å². The second-order valence-corrected chi connectivity index (χ2v) is 8.71. The predicted molar refractivity (Wildman–Crippen MR) is 111 cm³/mol. The second-order valence-electron chi connectivity index (χ2n) is 6.20. The van der Waals surface area contributed by atoms with Gasteiger partial charge < -0.3 is 10.6 Å². The van der Waals surface area contributed by atoms with Crippen LogP contribution in [0.1, 0.15) is 26.8 Å². The number of sulfonamides is 1. The molecule has 1 atom stereocenters. The van der Waals surface area contributed by atoms with Crippen LogP contribution in [0.2, 0.25) is 0 Å². The summed E-state index contributed by atoms with van der Waals surface area (Å²) in [6.07, 6.45) is 0. The lowest BCUT2D eigenvalue weighted by atomic mass is 10.1. The van der Waals surface area contributed by atoms with Crippen molar-refractivity contribution in [3.05, 3.63) is 88.1 Å². The van der Waals surface area contributed by atoms with E-state index in [4.69, 9.17) is 5.14 Å². The topological polar surface area (TPSA) is 118 Å². The Morgan fingerprint density at radius 2 is 1.66 bits per heavy atom. The molecule has 4 N–H and O–H groups in total. The van der Waals surface area contributed by atoms with Crippen molar-refractivity contribution >= 4 is 33.2 Å². The zero-order chi connectivity index (χ0) is 20.9. The van der Waals surface area contributed by atoms with Crippen LogP contribution < -0.4 is 15.8 Å². The van der Waals surface area contributed by atoms with Crippen molar-refractivity contribution in [2.24, 2.45) is 5.14 Å². The van der Waals surface area contributed by atoms with E-state index in [0.29, 0.717) is 16.0 Å². The van der Waals surface area contributed by atoms with Crippen molar-refractivity contribution in [1.29, 1.82) is 0 Å². The molecule has 0 radical (unpaired) electrons. The molecule has 3 aromatic rings. The van der Waals surface area contributed by atoms with Gasteiger partial charge in [0.2, 0.25) is 15.9 Å². The fourth-order valence-electron chi connectivity index (χ4n) is 2.64. The van der Waals surface area contributed by atoms with E-state index in [1.165, 1.54) is 23.5 Å². The van der Waals surface area contributed by atoms with Crippen LogP contribution in [0.3, 0.4) is 0 Å². The fraction of sp³-hybridized carbons (Fsp3) is 0.100. The number of nitrogens with one attached hydrogen (secondary N) is 2. The molecule has 1 heterocycles. The first-order chi connectivity index (χ1) is 13.8. The molecule has 0 bridgehead atoms. The van der Waals surface area contributed by atoms with Crippen LogP contribution in [0.5, 0.6) is 0 Å². The molecular weight excluding hydrogens is 410 g/mol. The van der Waals surface area contributed by atoms with Crippen LogP contribution in [0.4, 0.5) is 0 Å². The molecule has 3 rings (SSSR count). The van der Waals surface area contributed by atoms with E-state index in [1.807, 2.05) is 6.07 Å². The Morgan fingerprint density at radius 1 is 0.966 bits per heavy atom. The third-order valence-corrected chi connectivity index (χ3v) is 5.93. The third kappa shape index (κ3) is 5.50. The molecule has 7 nitrogen and oxygen atoms in total. The summed E-state index contributed by atoms with van der Waals surface area (Å²) in [4.78, 5) is 25.8. The fourth-order valence-corrected chi connectivity index (χ4v) is 3.79. The van der Waals surface area contributed by atoms with Crippen LogP contribution in [0, 0.1) is 0 Å². The molecule has 0 saturated carbocycles. The Hall–Kier alpha value is -3.01. The number of carbonyl (C=O) groups excluding carboxylic acids is 2. The number of benzene rings is 2. The number of rotatable bonds is 7. The maximum atomic E-state index is 12.8. The van der Waals surface area contributed by atoms with Crippen molar-refractivity contribution in [2.75, 3.05) is 0 Å². The largest absolute Gasteiger partial charge is 0.350 e. The predicted octanol–water partition coefficient (Wildman–Crippen LogP) is 2.18. The molecule has 150 valence electrons. The number of thiophene rings is 1. The van der Waals surface area contributed by atoms with Gasteiger partial charge in [-0.2, -0.15) is 0 Å². The Labute approximate surface area is 172 Å². The normalized spacial score (nSPS) is 12.2. The van der Waals surface area contributed by atoms with Crippen molar-refractivity contribution < 1.29 is 18.0 Å². The summed E-state index contributed by atoms with van der Waals surface area (Å²) >= 11 is 1.29. The van der Waals surface area contributed by atoms with Gasteiger partial charge >= 0.3 is 0 Å². The second kappa shape index (κ2) is 8.99. The van der Waals surface area contributed by atoms with Crippen LogP contribution >= 0.6 is 11.3 Å². The molecule has 0 aliphatic heterocycles. The lowest BCUT2D eigenvalue weighted by Gasteiger charge is -2.18.